The van der Waals surface area contributed by atoms with Gasteiger partial charge in [-0.05, 0) is 62.7 Å². The Morgan fingerprint density at radius 3 is 2.30 bits per heavy atom. The summed E-state index contributed by atoms with van der Waals surface area (Å²) in [7, 11) is 1.70. The van der Waals surface area contributed by atoms with Gasteiger partial charge in [-0.15, -0.1) is 0 Å². The lowest BCUT2D eigenvalue weighted by Crippen LogP contribution is -2.41. The van der Waals surface area contributed by atoms with E-state index < -0.39 is 0 Å². The van der Waals surface area contributed by atoms with E-state index in [4.69, 9.17) is 4.74 Å². The van der Waals surface area contributed by atoms with E-state index >= 15 is 0 Å². The van der Waals surface area contributed by atoms with Crippen LogP contribution >= 0.6 is 0 Å². The zero-order chi connectivity index (χ0) is 21.9. The summed E-state index contributed by atoms with van der Waals surface area (Å²) in [5, 5.41) is 12.0. The predicted molar refractivity (Wildman–Crippen MR) is 118 cm³/mol. The molecular formula is C22H30FN5O2. The first-order valence-electron chi connectivity index (χ1n) is 9.89. The second-order valence-corrected chi connectivity index (χ2v) is 7.14. The second kappa shape index (κ2) is 11.6. The number of amides is 2. The maximum Gasteiger partial charge on any atom is 0.319 e. The molecule has 0 aromatic heterocycles. The van der Waals surface area contributed by atoms with Gasteiger partial charge in [0.1, 0.15) is 17.7 Å². The van der Waals surface area contributed by atoms with Gasteiger partial charge in [0.15, 0.2) is 5.96 Å². The van der Waals surface area contributed by atoms with Crippen LogP contribution in [0, 0.1) is 5.82 Å². The van der Waals surface area contributed by atoms with Gasteiger partial charge in [-0.25, -0.2) is 9.18 Å². The van der Waals surface area contributed by atoms with Crippen molar-refractivity contribution < 1.29 is 13.9 Å². The molecule has 0 saturated heterocycles. The largest absolute Gasteiger partial charge is 0.489 e. The third-order valence-electron chi connectivity index (χ3n) is 4.02. The summed E-state index contributed by atoms with van der Waals surface area (Å²) >= 11 is 0. The number of benzene rings is 2. The molecule has 0 fully saturated rings. The van der Waals surface area contributed by atoms with Gasteiger partial charge < -0.3 is 26.0 Å². The predicted octanol–water partition coefficient (Wildman–Crippen LogP) is 3.49. The van der Waals surface area contributed by atoms with Crippen molar-refractivity contribution in [2.45, 2.75) is 39.5 Å². The molecule has 0 bridgehead atoms. The normalized spacial score (nSPS) is 12.3. The van der Waals surface area contributed by atoms with Crippen molar-refractivity contribution >= 4 is 17.7 Å². The Morgan fingerprint density at radius 1 is 1.03 bits per heavy atom. The lowest BCUT2D eigenvalue weighted by molar-refractivity contribution is 0.223. The highest BCUT2D eigenvalue weighted by Crippen LogP contribution is 2.13. The molecule has 2 aromatic carbocycles. The summed E-state index contributed by atoms with van der Waals surface area (Å²) in [6, 6.07) is 13.4. The highest BCUT2D eigenvalue weighted by Gasteiger charge is 2.07. The molecule has 0 radical (unpaired) electrons. The third-order valence-corrected chi connectivity index (χ3v) is 4.02. The van der Waals surface area contributed by atoms with Crippen LogP contribution in [0.2, 0.25) is 0 Å². The third kappa shape index (κ3) is 8.38. The lowest BCUT2D eigenvalue weighted by atomic mass is 10.2. The minimum Gasteiger partial charge on any atom is -0.489 e. The summed E-state index contributed by atoms with van der Waals surface area (Å²) < 4.78 is 18.7. The van der Waals surface area contributed by atoms with Crippen LogP contribution in [0.3, 0.4) is 0 Å². The molecule has 2 amide bonds. The van der Waals surface area contributed by atoms with Crippen LogP contribution in [0.5, 0.6) is 5.75 Å². The van der Waals surface area contributed by atoms with Crippen molar-refractivity contribution in [1.29, 1.82) is 0 Å². The van der Waals surface area contributed by atoms with Gasteiger partial charge in [0.25, 0.3) is 0 Å². The van der Waals surface area contributed by atoms with Gasteiger partial charge in [0, 0.05) is 25.3 Å². The monoisotopic (exact) mass is 415 g/mol. The smallest absolute Gasteiger partial charge is 0.319 e. The molecule has 0 spiro atoms. The number of rotatable bonds is 8. The molecule has 7 nitrogen and oxygen atoms in total. The Balaban J connectivity index is 1.75. The first-order valence-corrected chi connectivity index (χ1v) is 9.89. The SMILES string of the molecule is CN=C(NCc1ccc(NC(=O)NC(C)C)cc1)NCC(C)Oc1ccc(F)cc1. The average Bonchev–Trinajstić information content (AvgIpc) is 2.70. The first-order chi connectivity index (χ1) is 14.4. The Hall–Kier alpha value is -3.29. The van der Waals surface area contributed by atoms with Crippen molar-refractivity contribution in [2.24, 2.45) is 4.99 Å². The number of ether oxygens (including phenoxy) is 1. The quantitative estimate of drug-likeness (QED) is 0.393. The summed E-state index contributed by atoms with van der Waals surface area (Å²) in [6.07, 6.45) is -0.128. The molecule has 0 heterocycles. The van der Waals surface area contributed by atoms with Crippen molar-refractivity contribution in [3.05, 3.63) is 59.9 Å². The van der Waals surface area contributed by atoms with Gasteiger partial charge in [0.05, 0.1) is 6.54 Å². The topological polar surface area (TPSA) is 86.8 Å². The van der Waals surface area contributed by atoms with Crippen molar-refractivity contribution in [3.8, 4) is 5.75 Å². The number of halogens is 1. The van der Waals surface area contributed by atoms with Crippen LogP contribution < -0.4 is 26.0 Å². The van der Waals surface area contributed by atoms with Gasteiger partial charge in [-0.3, -0.25) is 4.99 Å². The van der Waals surface area contributed by atoms with Crippen LogP contribution in [-0.2, 0) is 6.54 Å². The Kier molecular flexibility index (Phi) is 8.93. The maximum absolute atomic E-state index is 13.0. The fourth-order valence-corrected chi connectivity index (χ4v) is 2.57. The van der Waals surface area contributed by atoms with Gasteiger partial charge in [0.2, 0.25) is 0 Å². The van der Waals surface area contributed by atoms with Crippen LogP contribution in [0.25, 0.3) is 0 Å². The highest BCUT2D eigenvalue weighted by atomic mass is 19.1. The van der Waals surface area contributed by atoms with E-state index in [9.17, 15) is 9.18 Å². The summed E-state index contributed by atoms with van der Waals surface area (Å²) in [5.74, 6) is 0.966. The van der Waals surface area contributed by atoms with E-state index in [-0.39, 0.29) is 24.0 Å². The number of nitrogens with one attached hydrogen (secondary N) is 4. The van der Waals surface area contributed by atoms with E-state index in [1.54, 1.807) is 19.2 Å². The molecule has 1 unspecified atom stereocenters. The number of hydrogen-bond donors (Lipinski definition) is 4. The van der Waals surface area contributed by atoms with E-state index in [2.05, 4.69) is 26.3 Å². The van der Waals surface area contributed by atoms with E-state index in [0.29, 0.717) is 24.8 Å². The fraction of sp³-hybridized carbons (Fsp3) is 0.364. The van der Waals surface area contributed by atoms with Crippen LogP contribution in [-0.4, -0.2) is 37.7 Å². The maximum atomic E-state index is 13.0. The molecule has 2 aromatic rings. The molecule has 30 heavy (non-hydrogen) atoms. The van der Waals surface area contributed by atoms with E-state index in [1.165, 1.54) is 12.1 Å². The molecule has 0 saturated carbocycles. The van der Waals surface area contributed by atoms with Crippen LogP contribution in [0.15, 0.2) is 53.5 Å². The van der Waals surface area contributed by atoms with Gasteiger partial charge in [-0.1, -0.05) is 12.1 Å². The fourth-order valence-electron chi connectivity index (χ4n) is 2.57. The zero-order valence-electron chi connectivity index (χ0n) is 17.8. The van der Waals surface area contributed by atoms with Crippen molar-refractivity contribution in [2.75, 3.05) is 18.9 Å². The summed E-state index contributed by atoms with van der Waals surface area (Å²) in [5.41, 5.74) is 1.77. The van der Waals surface area contributed by atoms with E-state index in [0.717, 1.165) is 11.3 Å². The lowest BCUT2D eigenvalue weighted by Gasteiger charge is -2.18. The molecule has 1 atom stereocenters. The molecule has 0 aliphatic carbocycles. The number of nitrogens with zero attached hydrogens (tertiary/aromatic N) is 1. The van der Waals surface area contributed by atoms with Gasteiger partial charge in [-0.2, -0.15) is 0 Å². The molecule has 4 N–H and O–H groups in total. The Morgan fingerprint density at radius 2 is 1.70 bits per heavy atom. The van der Waals surface area contributed by atoms with Gasteiger partial charge >= 0.3 is 6.03 Å². The van der Waals surface area contributed by atoms with Crippen molar-refractivity contribution in [1.82, 2.24) is 16.0 Å². The number of guanidine groups is 1. The second-order valence-electron chi connectivity index (χ2n) is 7.14. The minimum atomic E-state index is -0.291. The molecule has 162 valence electrons. The number of hydrogen-bond acceptors (Lipinski definition) is 3. The zero-order valence-corrected chi connectivity index (χ0v) is 17.8. The van der Waals surface area contributed by atoms with Crippen LogP contribution in [0.1, 0.15) is 26.3 Å². The summed E-state index contributed by atoms with van der Waals surface area (Å²) in [6.45, 7) is 6.84. The highest BCUT2D eigenvalue weighted by molar-refractivity contribution is 5.89. The standard InChI is InChI=1S/C22H30FN5O2/c1-15(2)27-22(29)28-19-9-5-17(6-10-19)14-26-21(24-4)25-13-16(3)30-20-11-7-18(23)8-12-20/h5-12,15-16H,13-14H2,1-4H3,(H2,24,25,26)(H2,27,28,29). The molecule has 0 aliphatic rings. The minimum absolute atomic E-state index is 0.0801. The number of aliphatic imine (C=N–C) groups is 1. The Labute approximate surface area is 177 Å². The average molecular weight is 416 g/mol. The number of anilines is 1. The Bertz CT molecular complexity index is 822. The number of carbonyl (C=O) groups is 1. The molecule has 2 rings (SSSR count). The summed E-state index contributed by atoms with van der Waals surface area (Å²) in [4.78, 5) is 15.9. The molecular weight excluding hydrogens is 385 g/mol. The number of carbonyl (C=O) groups excluding carboxylic acids is 1. The van der Waals surface area contributed by atoms with Crippen LogP contribution in [0.4, 0.5) is 14.9 Å². The van der Waals surface area contributed by atoms with E-state index in [1.807, 2.05) is 45.0 Å². The number of urea groups is 1. The molecule has 0 aliphatic heterocycles. The molecule has 8 heteroatoms. The first kappa shape index (κ1) is 23.0. The van der Waals surface area contributed by atoms with Crippen molar-refractivity contribution in [3.63, 3.8) is 0 Å².